The van der Waals surface area contributed by atoms with Crippen molar-refractivity contribution in [2.75, 3.05) is 0 Å². The Morgan fingerprint density at radius 3 is 1.38 bits per heavy atom. The predicted molar refractivity (Wildman–Crippen MR) is 101 cm³/mol. The van der Waals surface area contributed by atoms with E-state index in [2.05, 4.69) is 0 Å². The Morgan fingerprint density at radius 1 is 0.621 bits per heavy atom. The van der Waals surface area contributed by atoms with Gasteiger partial charge >= 0.3 is 23.9 Å². The fourth-order valence-corrected chi connectivity index (χ4v) is 3.24. The quantitative estimate of drug-likeness (QED) is 0.435. The number of ether oxygens (including phenoxy) is 3. The number of benzene rings is 2. The molecule has 0 saturated carbocycles. The van der Waals surface area contributed by atoms with Gasteiger partial charge in [-0.1, -0.05) is 38.1 Å². The van der Waals surface area contributed by atoms with Gasteiger partial charge in [-0.15, -0.1) is 0 Å². The molecule has 1 aliphatic rings. The van der Waals surface area contributed by atoms with E-state index in [1.54, 1.807) is 38.1 Å². The first-order chi connectivity index (χ1) is 14.0. The number of hydrogen-bond donors (Lipinski definition) is 0. The first-order valence-corrected chi connectivity index (χ1v) is 9.34. The Kier molecular flexibility index (Phi) is 6.07. The maximum atomic E-state index is 12.8. The van der Waals surface area contributed by atoms with E-state index in [4.69, 9.17) is 14.2 Å². The van der Waals surface area contributed by atoms with Gasteiger partial charge in [0.1, 0.15) is 22.6 Å². The summed E-state index contributed by atoms with van der Waals surface area (Å²) < 4.78 is 15.8. The number of hydrogen-bond acceptors (Lipinski definition) is 7. The third kappa shape index (κ3) is 4.18. The van der Waals surface area contributed by atoms with Crippen molar-refractivity contribution < 1.29 is 33.4 Å². The van der Waals surface area contributed by atoms with Gasteiger partial charge in [-0.05, 0) is 37.1 Å². The minimum Gasteiger partial charge on any atom is -0.425 e. The van der Waals surface area contributed by atoms with Gasteiger partial charge in [-0.2, -0.15) is 0 Å². The molecule has 0 amide bonds. The summed E-state index contributed by atoms with van der Waals surface area (Å²) in [6.45, 7) is 3.52. The lowest BCUT2D eigenvalue weighted by Gasteiger charge is -2.22. The van der Waals surface area contributed by atoms with Crippen molar-refractivity contribution in [3.8, 4) is 11.5 Å². The van der Waals surface area contributed by atoms with Crippen LogP contribution in [0.1, 0.15) is 47.4 Å². The normalized spacial score (nSPS) is 20.1. The summed E-state index contributed by atoms with van der Waals surface area (Å²) in [6.07, 6.45) is 0.666. The molecule has 150 valence electrons. The summed E-state index contributed by atoms with van der Waals surface area (Å²) >= 11 is 0. The summed E-state index contributed by atoms with van der Waals surface area (Å²) in [7, 11) is 0. The highest BCUT2D eigenvalue weighted by molar-refractivity contribution is 6.05. The van der Waals surface area contributed by atoms with Crippen molar-refractivity contribution in [2.45, 2.75) is 26.7 Å². The van der Waals surface area contributed by atoms with Crippen LogP contribution in [0.2, 0.25) is 0 Å². The molecule has 7 nitrogen and oxygen atoms in total. The molecule has 0 fully saturated rings. The Morgan fingerprint density at radius 2 is 1.00 bits per heavy atom. The summed E-state index contributed by atoms with van der Waals surface area (Å²) in [5, 5.41) is 0. The predicted octanol–water partition coefficient (Wildman–Crippen LogP) is 3.56. The van der Waals surface area contributed by atoms with Crippen LogP contribution in [0.3, 0.4) is 0 Å². The van der Waals surface area contributed by atoms with Gasteiger partial charge in [0.2, 0.25) is 0 Å². The molecule has 1 aliphatic heterocycles. The number of carbonyl (C=O) groups is 4. The number of esters is 4. The van der Waals surface area contributed by atoms with Crippen LogP contribution in [-0.2, 0) is 14.3 Å². The Hall–Kier alpha value is -3.48. The van der Waals surface area contributed by atoms with Crippen LogP contribution in [0, 0.1) is 11.8 Å². The third-order valence-corrected chi connectivity index (χ3v) is 4.79. The highest BCUT2D eigenvalue weighted by Gasteiger charge is 2.36. The minimum atomic E-state index is -0.973. The Balaban J connectivity index is 2.13. The molecule has 0 bridgehead atoms. The van der Waals surface area contributed by atoms with Crippen LogP contribution in [0.5, 0.6) is 11.5 Å². The molecule has 1 heterocycles. The molecule has 0 saturated heterocycles. The summed E-state index contributed by atoms with van der Waals surface area (Å²) in [5.74, 6) is -4.89. The van der Waals surface area contributed by atoms with E-state index in [1.807, 2.05) is 0 Å². The van der Waals surface area contributed by atoms with Crippen molar-refractivity contribution in [1.82, 2.24) is 0 Å². The molecule has 29 heavy (non-hydrogen) atoms. The highest BCUT2D eigenvalue weighted by Crippen LogP contribution is 2.29. The second kappa shape index (κ2) is 8.68. The first kappa shape index (κ1) is 20.3. The minimum absolute atomic E-state index is 0.0375. The fraction of sp³-hybridized carbons (Fsp3) is 0.273. The number of rotatable bonds is 2. The molecule has 2 unspecified atom stereocenters. The van der Waals surface area contributed by atoms with Gasteiger partial charge in [-0.3, -0.25) is 9.59 Å². The van der Waals surface area contributed by atoms with E-state index < -0.39 is 35.7 Å². The average molecular weight is 396 g/mol. The zero-order valence-corrected chi connectivity index (χ0v) is 16.0. The average Bonchev–Trinajstić information content (AvgIpc) is 2.71. The lowest BCUT2D eigenvalue weighted by Crippen LogP contribution is -2.34. The number of fused-ring (bicyclic) bond motifs is 2. The summed E-state index contributed by atoms with van der Waals surface area (Å²) in [4.78, 5) is 50.6. The monoisotopic (exact) mass is 396 g/mol. The Bertz CT molecular complexity index is 886. The zero-order chi connectivity index (χ0) is 21.0. The molecular weight excluding hydrogens is 376 g/mol. The van der Waals surface area contributed by atoms with Crippen LogP contribution >= 0.6 is 0 Å². The maximum absolute atomic E-state index is 12.8. The van der Waals surface area contributed by atoms with Crippen LogP contribution in [0.25, 0.3) is 0 Å². The standard InChI is InChI=1S/C22H20O7/c1-3-13-14(4-2)20(24)28-18-12-8-6-10-16(18)22(26)29-21(25)15-9-5-7-11-17(15)27-19(13)23/h5-14H,3-4H2,1-2H3. The van der Waals surface area contributed by atoms with Crippen molar-refractivity contribution in [2.24, 2.45) is 11.8 Å². The molecule has 0 aliphatic carbocycles. The van der Waals surface area contributed by atoms with Crippen molar-refractivity contribution in [3.63, 3.8) is 0 Å². The molecule has 0 radical (unpaired) electrons. The van der Waals surface area contributed by atoms with Crippen molar-refractivity contribution in [1.29, 1.82) is 0 Å². The molecule has 0 aromatic heterocycles. The molecule has 2 atom stereocenters. The van der Waals surface area contributed by atoms with E-state index in [0.29, 0.717) is 12.8 Å². The topological polar surface area (TPSA) is 96.0 Å². The summed E-state index contributed by atoms with van der Waals surface area (Å²) in [5.41, 5.74) is -0.137. The molecule has 0 spiro atoms. The maximum Gasteiger partial charge on any atom is 0.349 e. The molecule has 3 rings (SSSR count). The molecular formula is C22H20O7. The first-order valence-electron chi connectivity index (χ1n) is 9.34. The smallest absolute Gasteiger partial charge is 0.349 e. The second-order valence-electron chi connectivity index (χ2n) is 6.54. The van der Waals surface area contributed by atoms with E-state index in [9.17, 15) is 19.2 Å². The van der Waals surface area contributed by atoms with E-state index >= 15 is 0 Å². The van der Waals surface area contributed by atoms with Crippen LogP contribution < -0.4 is 9.47 Å². The van der Waals surface area contributed by atoms with Gasteiger partial charge in [0, 0.05) is 0 Å². The van der Waals surface area contributed by atoms with E-state index in [0.717, 1.165) is 0 Å². The van der Waals surface area contributed by atoms with Crippen LogP contribution in [0.4, 0.5) is 0 Å². The second-order valence-corrected chi connectivity index (χ2v) is 6.54. The lowest BCUT2D eigenvalue weighted by molar-refractivity contribution is -0.150. The highest BCUT2D eigenvalue weighted by atomic mass is 16.6. The SMILES string of the molecule is CCC1C(=O)Oc2ccccc2C(=O)OC(=O)c2ccccc2OC(=O)C1CC. The van der Waals surface area contributed by atoms with E-state index in [1.165, 1.54) is 24.3 Å². The number of cyclic esters (lactones) is 2. The third-order valence-electron chi connectivity index (χ3n) is 4.79. The van der Waals surface area contributed by atoms with Gasteiger partial charge in [0.05, 0.1) is 11.8 Å². The van der Waals surface area contributed by atoms with E-state index in [-0.39, 0.29) is 22.6 Å². The van der Waals surface area contributed by atoms with Gasteiger partial charge in [-0.25, -0.2) is 9.59 Å². The molecule has 0 N–H and O–H groups in total. The van der Waals surface area contributed by atoms with Crippen LogP contribution in [0.15, 0.2) is 48.5 Å². The Labute approximate surface area is 167 Å². The van der Waals surface area contributed by atoms with Gasteiger partial charge in [0.15, 0.2) is 0 Å². The molecule has 7 heteroatoms. The van der Waals surface area contributed by atoms with Crippen molar-refractivity contribution in [3.05, 3.63) is 59.7 Å². The van der Waals surface area contributed by atoms with Gasteiger partial charge in [0.25, 0.3) is 0 Å². The van der Waals surface area contributed by atoms with Crippen LogP contribution in [-0.4, -0.2) is 23.9 Å². The molecule has 2 aromatic carbocycles. The number of carbonyl (C=O) groups excluding carboxylic acids is 4. The number of para-hydroxylation sites is 2. The van der Waals surface area contributed by atoms with Crippen molar-refractivity contribution >= 4 is 23.9 Å². The van der Waals surface area contributed by atoms with Gasteiger partial charge < -0.3 is 14.2 Å². The largest absolute Gasteiger partial charge is 0.425 e. The zero-order valence-electron chi connectivity index (χ0n) is 16.0. The summed E-state index contributed by atoms with van der Waals surface area (Å²) in [6, 6.07) is 11.9. The fourth-order valence-electron chi connectivity index (χ4n) is 3.24. The lowest BCUT2D eigenvalue weighted by atomic mass is 9.88. The molecule has 2 aromatic rings.